The van der Waals surface area contributed by atoms with E-state index >= 15 is 0 Å². The predicted octanol–water partition coefficient (Wildman–Crippen LogP) is 3.10. The van der Waals surface area contributed by atoms with Gasteiger partial charge >= 0.3 is 0 Å². The van der Waals surface area contributed by atoms with Gasteiger partial charge < -0.3 is 16.0 Å². The average Bonchev–Trinajstić information content (AvgIpc) is 2.63. The predicted molar refractivity (Wildman–Crippen MR) is 124 cm³/mol. The third-order valence-electron chi connectivity index (χ3n) is 5.50. The van der Waals surface area contributed by atoms with E-state index < -0.39 is 0 Å². The largest absolute Gasteiger partial charge is 0.369 e. The van der Waals surface area contributed by atoms with E-state index in [1.807, 2.05) is 0 Å². The molecule has 1 saturated carbocycles. The van der Waals surface area contributed by atoms with Gasteiger partial charge in [0.1, 0.15) is 0 Å². The van der Waals surface area contributed by atoms with Crippen molar-refractivity contribution in [3.05, 3.63) is 30.3 Å². The first-order valence-corrected chi connectivity index (χ1v) is 9.70. The van der Waals surface area contributed by atoms with Crippen LogP contribution in [0.1, 0.15) is 32.6 Å². The number of nitrogens with two attached hydrogens (primary N) is 1. The Bertz CT molecular complexity index is 556. The molecule has 1 aliphatic heterocycles. The quantitative estimate of drug-likeness (QED) is 0.719. The lowest BCUT2D eigenvalue weighted by molar-refractivity contribution is -0.126. The first-order valence-electron chi connectivity index (χ1n) is 9.70. The van der Waals surface area contributed by atoms with Crippen molar-refractivity contribution in [3.8, 4) is 0 Å². The molecule has 0 bridgehead atoms. The average molecular weight is 454 g/mol. The smallest absolute Gasteiger partial charge is 0.223 e. The van der Waals surface area contributed by atoms with Gasteiger partial charge in [-0.1, -0.05) is 24.6 Å². The highest BCUT2D eigenvalue weighted by Crippen LogP contribution is 2.23. The molecular weight excluding hydrogens is 419 g/mol. The van der Waals surface area contributed by atoms with Gasteiger partial charge in [0.15, 0.2) is 0 Å². The lowest BCUT2D eigenvalue weighted by atomic mass is 9.85. The Hall–Kier alpha value is -0.720. The number of piperazine rings is 1. The fraction of sp³-hybridized carbons (Fsp3) is 0.650. The van der Waals surface area contributed by atoms with Crippen molar-refractivity contribution < 1.29 is 4.79 Å². The SMILES string of the molecule is CC(CN1CCN(c2ccccc2)CC1)NC(=O)C1CCCC(N)C1.Cl.Cl.Cl. The van der Waals surface area contributed by atoms with Gasteiger partial charge in [-0.15, -0.1) is 37.2 Å². The van der Waals surface area contributed by atoms with Gasteiger partial charge in [0.05, 0.1) is 0 Å². The van der Waals surface area contributed by atoms with Crippen molar-refractivity contribution in [1.29, 1.82) is 0 Å². The molecule has 1 heterocycles. The van der Waals surface area contributed by atoms with E-state index in [-0.39, 0.29) is 61.1 Å². The Labute approximate surface area is 188 Å². The van der Waals surface area contributed by atoms with E-state index in [2.05, 4.69) is 52.4 Å². The van der Waals surface area contributed by atoms with Gasteiger partial charge in [0.2, 0.25) is 5.91 Å². The van der Waals surface area contributed by atoms with Gasteiger partial charge in [0, 0.05) is 56.4 Å². The summed E-state index contributed by atoms with van der Waals surface area (Å²) in [6.45, 7) is 7.22. The van der Waals surface area contributed by atoms with Crippen LogP contribution in [-0.4, -0.2) is 55.6 Å². The molecule has 3 unspecified atom stereocenters. The van der Waals surface area contributed by atoms with Crippen molar-refractivity contribution in [2.75, 3.05) is 37.6 Å². The van der Waals surface area contributed by atoms with E-state index in [4.69, 9.17) is 5.73 Å². The number of para-hydroxylation sites is 1. The van der Waals surface area contributed by atoms with E-state index in [0.717, 1.165) is 58.4 Å². The molecule has 1 aliphatic carbocycles. The highest BCUT2D eigenvalue weighted by molar-refractivity contribution is 5.86. The number of nitrogens with one attached hydrogen (secondary N) is 1. The molecule has 8 heteroatoms. The number of hydrogen-bond acceptors (Lipinski definition) is 4. The number of benzene rings is 1. The molecule has 3 rings (SSSR count). The second kappa shape index (κ2) is 13.5. The topological polar surface area (TPSA) is 61.6 Å². The second-order valence-electron chi connectivity index (χ2n) is 7.66. The van der Waals surface area contributed by atoms with Gasteiger partial charge in [-0.3, -0.25) is 9.69 Å². The van der Waals surface area contributed by atoms with Crippen LogP contribution in [0.2, 0.25) is 0 Å². The minimum Gasteiger partial charge on any atom is -0.369 e. The number of nitrogens with zero attached hydrogens (tertiary/aromatic N) is 2. The lowest BCUT2D eigenvalue weighted by Gasteiger charge is -2.37. The van der Waals surface area contributed by atoms with Crippen LogP contribution in [0.4, 0.5) is 5.69 Å². The number of carbonyl (C=O) groups is 1. The molecule has 28 heavy (non-hydrogen) atoms. The van der Waals surface area contributed by atoms with Crippen LogP contribution >= 0.6 is 37.2 Å². The van der Waals surface area contributed by atoms with Crippen molar-refractivity contribution in [2.24, 2.45) is 11.7 Å². The molecular formula is C20H35Cl3N4O. The lowest BCUT2D eigenvalue weighted by Crippen LogP contribution is -2.51. The molecule has 3 atom stereocenters. The molecule has 3 N–H and O–H groups in total. The van der Waals surface area contributed by atoms with Gasteiger partial charge in [-0.2, -0.15) is 0 Å². The van der Waals surface area contributed by atoms with Crippen LogP contribution in [-0.2, 0) is 4.79 Å². The van der Waals surface area contributed by atoms with E-state index in [0.29, 0.717) is 0 Å². The minimum atomic E-state index is 0. The maximum Gasteiger partial charge on any atom is 0.223 e. The maximum atomic E-state index is 12.4. The molecule has 2 aliphatic rings. The molecule has 0 aromatic heterocycles. The molecule has 1 saturated heterocycles. The monoisotopic (exact) mass is 452 g/mol. The molecule has 2 fully saturated rings. The third kappa shape index (κ3) is 7.96. The number of hydrogen-bond donors (Lipinski definition) is 2. The molecule has 1 amide bonds. The minimum absolute atomic E-state index is 0. The number of halogens is 3. The summed E-state index contributed by atoms with van der Waals surface area (Å²) in [6, 6.07) is 11.0. The molecule has 1 aromatic carbocycles. The Morgan fingerprint density at radius 3 is 2.36 bits per heavy atom. The summed E-state index contributed by atoms with van der Waals surface area (Å²) in [6.07, 6.45) is 3.97. The number of carbonyl (C=O) groups excluding carboxylic acids is 1. The third-order valence-corrected chi connectivity index (χ3v) is 5.50. The van der Waals surface area contributed by atoms with Crippen LogP contribution < -0.4 is 16.0 Å². The molecule has 0 spiro atoms. The van der Waals surface area contributed by atoms with Crippen LogP contribution in [0.25, 0.3) is 0 Å². The zero-order valence-corrected chi connectivity index (χ0v) is 19.0. The summed E-state index contributed by atoms with van der Waals surface area (Å²) in [7, 11) is 0. The maximum absolute atomic E-state index is 12.4. The molecule has 5 nitrogen and oxygen atoms in total. The van der Waals surface area contributed by atoms with Gasteiger partial charge in [-0.25, -0.2) is 0 Å². The standard InChI is InChI=1S/C20H32N4O.3ClH/c1-16(22-20(25)17-6-5-7-18(21)14-17)15-23-10-12-24(13-11-23)19-8-3-2-4-9-19;;;/h2-4,8-9,16-18H,5-7,10-15,21H2,1H3,(H,22,25);3*1H. The van der Waals surface area contributed by atoms with E-state index in [1.165, 1.54) is 5.69 Å². The van der Waals surface area contributed by atoms with Crippen LogP contribution in [0.15, 0.2) is 30.3 Å². The Balaban J connectivity index is 0.00000243. The van der Waals surface area contributed by atoms with Crippen molar-refractivity contribution in [3.63, 3.8) is 0 Å². The fourth-order valence-corrected chi connectivity index (χ4v) is 4.09. The van der Waals surface area contributed by atoms with Crippen LogP contribution in [0.3, 0.4) is 0 Å². The summed E-state index contributed by atoms with van der Waals surface area (Å²) in [5, 5.41) is 3.21. The zero-order valence-electron chi connectivity index (χ0n) is 16.6. The Morgan fingerprint density at radius 2 is 1.75 bits per heavy atom. The van der Waals surface area contributed by atoms with Crippen molar-refractivity contribution in [2.45, 2.75) is 44.7 Å². The Kier molecular flexibility index (Phi) is 13.1. The first-order chi connectivity index (χ1) is 12.1. The summed E-state index contributed by atoms with van der Waals surface area (Å²) in [5.41, 5.74) is 7.31. The Morgan fingerprint density at radius 1 is 1.11 bits per heavy atom. The van der Waals surface area contributed by atoms with Crippen LogP contribution in [0.5, 0.6) is 0 Å². The van der Waals surface area contributed by atoms with Crippen LogP contribution in [0, 0.1) is 5.92 Å². The van der Waals surface area contributed by atoms with Gasteiger partial charge in [-0.05, 0) is 38.3 Å². The first kappa shape index (κ1) is 27.3. The highest BCUT2D eigenvalue weighted by atomic mass is 35.5. The van der Waals surface area contributed by atoms with Crippen molar-refractivity contribution >= 4 is 48.8 Å². The number of anilines is 1. The highest BCUT2D eigenvalue weighted by Gasteiger charge is 2.26. The summed E-state index contributed by atoms with van der Waals surface area (Å²) >= 11 is 0. The van der Waals surface area contributed by atoms with Crippen molar-refractivity contribution in [1.82, 2.24) is 10.2 Å². The normalized spacial score (nSPS) is 23.4. The summed E-state index contributed by atoms with van der Waals surface area (Å²) in [4.78, 5) is 17.3. The summed E-state index contributed by atoms with van der Waals surface area (Å²) in [5.74, 6) is 0.312. The second-order valence-corrected chi connectivity index (χ2v) is 7.66. The van der Waals surface area contributed by atoms with Gasteiger partial charge in [0.25, 0.3) is 0 Å². The van der Waals surface area contributed by atoms with E-state index in [1.54, 1.807) is 0 Å². The molecule has 1 aromatic rings. The van der Waals surface area contributed by atoms with E-state index in [9.17, 15) is 4.79 Å². The zero-order chi connectivity index (χ0) is 17.6. The summed E-state index contributed by atoms with van der Waals surface area (Å²) < 4.78 is 0. The fourth-order valence-electron chi connectivity index (χ4n) is 4.09. The number of amides is 1. The molecule has 162 valence electrons. The number of rotatable bonds is 5. The molecule has 0 radical (unpaired) electrons.